The zero-order valence-electron chi connectivity index (χ0n) is 16.6. The summed E-state index contributed by atoms with van der Waals surface area (Å²) in [6.45, 7) is 0.421. The monoisotopic (exact) mass is 424 g/mol. The Morgan fingerprint density at radius 2 is 1.53 bits per heavy atom. The number of nitrogens with two attached hydrogens (primary N) is 1. The molecule has 0 aliphatic carbocycles. The molecule has 0 radical (unpaired) electrons. The van der Waals surface area contributed by atoms with E-state index < -0.39 is 10.0 Å². The van der Waals surface area contributed by atoms with Crippen LogP contribution in [0.5, 0.6) is 5.75 Å². The SMILES string of the molecule is COc1ccc(C(=O)NCCC(c2ccccc2)c2ccccc2)cc1S(N)(=O)=O. The first-order valence-electron chi connectivity index (χ1n) is 9.49. The van der Waals surface area contributed by atoms with Gasteiger partial charge in [0, 0.05) is 18.0 Å². The average Bonchev–Trinajstić information content (AvgIpc) is 2.76. The van der Waals surface area contributed by atoms with Gasteiger partial charge >= 0.3 is 0 Å². The quantitative estimate of drug-likeness (QED) is 0.580. The number of amides is 1. The van der Waals surface area contributed by atoms with Crippen LogP contribution in [0.15, 0.2) is 83.8 Å². The second-order valence-corrected chi connectivity index (χ2v) is 8.36. The topological polar surface area (TPSA) is 98.5 Å². The Labute approximate surface area is 176 Å². The van der Waals surface area contributed by atoms with Crippen LogP contribution in [0.4, 0.5) is 0 Å². The van der Waals surface area contributed by atoms with Crippen LogP contribution in [0.2, 0.25) is 0 Å². The highest BCUT2D eigenvalue weighted by Gasteiger charge is 2.19. The molecule has 3 rings (SSSR count). The summed E-state index contributed by atoms with van der Waals surface area (Å²) >= 11 is 0. The highest BCUT2D eigenvalue weighted by atomic mass is 32.2. The largest absolute Gasteiger partial charge is 0.495 e. The fourth-order valence-corrected chi connectivity index (χ4v) is 4.09. The van der Waals surface area contributed by atoms with Gasteiger partial charge in [-0.3, -0.25) is 4.79 Å². The van der Waals surface area contributed by atoms with E-state index >= 15 is 0 Å². The number of carbonyl (C=O) groups excluding carboxylic acids is 1. The number of sulfonamides is 1. The first-order valence-corrected chi connectivity index (χ1v) is 11.0. The van der Waals surface area contributed by atoms with Crippen LogP contribution in [0.3, 0.4) is 0 Å². The molecule has 6 nitrogen and oxygen atoms in total. The molecule has 3 aromatic carbocycles. The van der Waals surface area contributed by atoms with Gasteiger partial charge in [-0.25, -0.2) is 13.6 Å². The molecule has 1 amide bonds. The van der Waals surface area contributed by atoms with Crippen molar-refractivity contribution in [1.82, 2.24) is 5.32 Å². The molecule has 0 aliphatic rings. The van der Waals surface area contributed by atoms with Crippen LogP contribution in [0, 0.1) is 0 Å². The summed E-state index contributed by atoms with van der Waals surface area (Å²) in [5.74, 6) is -0.145. The number of benzene rings is 3. The molecular formula is C23H24N2O4S. The van der Waals surface area contributed by atoms with Crippen LogP contribution in [-0.2, 0) is 10.0 Å². The molecule has 7 heteroatoms. The lowest BCUT2D eigenvalue weighted by molar-refractivity contribution is 0.0952. The van der Waals surface area contributed by atoms with Gasteiger partial charge in [-0.05, 0) is 35.7 Å². The molecule has 0 heterocycles. The van der Waals surface area contributed by atoms with Crippen LogP contribution in [0.1, 0.15) is 33.8 Å². The smallest absolute Gasteiger partial charge is 0.251 e. The first kappa shape index (κ1) is 21.5. The zero-order valence-corrected chi connectivity index (χ0v) is 17.4. The van der Waals surface area contributed by atoms with E-state index in [0.29, 0.717) is 13.0 Å². The maximum atomic E-state index is 12.6. The second-order valence-electron chi connectivity index (χ2n) is 6.83. The van der Waals surface area contributed by atoms with Crippen molar-refractivity contribution in [2.75, 3.05) is 13.7 Å². The van der Waals surface area contributed by atoms with Gasteiger partial charge < -0.3 is 10.1 Å². The molecule has 3 N–H and O–H groups in total. The van der Waals surface area contributed by atoms with Gasteiger partial charge in [0.05, 0.1) is 7.11 Å². The number of primary sulfonamides is 1. The predicted molar refractivity (Wildman–Crippen MR) is 116 cm³/mol. The summed E-state index contributed by atoms with van der Waals surface area (Å²) in [6, 6.07) is 24.4. The second kappa shape index (κ2) is 9.56. The minimum Gasteiger partial charge on any atom is -0.495 e. The van der Waals surface area contributed by atoms with E-state index in [1.807, 2.05) is 36.4 Å². The molecular weight excluding hydrogens is 400 g/mol. The Kier molecular flexibility index (Phi) is 6.87. The molecule has 0 atom stereocenters. The fraction of sp³-hybridized carbons (Fsp3) is 0.174. The molecule has 0 saturated heterocycles. The van der Waals surface area contributed by atoms with E-state index in [-0.39, 0.29) is 28.0 Å². The van der Waals surface area contributed by atoms with Gasteiger partial charge in [0.1, 0.15) is 10.6 Å². The molecule has 0 fully saturated rings. The molecule has 0 bridgehead atoms. The van der Waals surface area contributed by atoms with E-state index in [1.54, 1.807) is 0 Å². The van der Waals surface area contributed by atoms with Gasteiger partial charge in [0.15, 0.2) is 0 Å². The van der Waals surface area contributed by atoms with Crippen LogP contribution < -0.4 is 15.2 Å². The molecule has 0 unspecified atom stereocenters. The van der Waals surface area contributed by atoms with Crippen molar-refractivity contribution >= 4 is 15.9 Å². The molecule has 30 heavy (non-hydrogen) atoms. The number of nitrogens with one attached hydrogen (secondary N) is 1. The Morgan fingerprint density at radius 1 is 0.967 bits per heavy atom. The minimum atomic E-state index is -4.01. The molecule has 0 saturated carbocycles. The Balaban J connectivity index is 1.74. The molecule has 0 aromatic heterocycles. The van der Waals surface area contributed by atoms with E-state index in [0.717, 1.165) is 0 Å². The molecule has 0 aliphatic heterocycles. The summed E-state index contributed by atoms with van der Waals surface area (Å²) in [6.07, 6.45) is 0.692. The van der Waals surface area contributed by atoms with E-state index in [9.17, 15) is 13.2 Å². The molecule has 156 valence electrons. The third-order valence-corrected chi connectivity index (χ3v) is 5.79. The van der Waals surface area contributed by atoms with Gasteiger partial charge in [0.2, 0.25) is 10.0 Å². The lowest BCUT2D eigenvalue weighted by Gasteiger charge is -2.18. The van der Waals surface area contributed by atoms with Gasteiger partial charge in [0.25, 0.3) is 5.91 Å². The summed E-state index contributed by atoms with van der Waals surface area (Å²) in [5, 5.41) is 8.10. The van der Waals surface area contributed by atoms with Crippen molar-refractivity contribution in [3.05, 3.63) is 95.6 Å². The van der Waals surface area contributed by atoms with Crippen molar-refractivity contribution < 1.29 is 17.9 Å². The van der Waals surface area contributed by atoms with Crippen LogP contribution in [-0.4, -0.2) is 28.0 Å². The number of ether oxygens (including phenoxy) is 1. The van der Waals surface area contributed by atoms with Crippen molar-refractivity contribution in [2.24, 2.45) is 5.14 Å². The Hall–Kier alpha value is -3.16. The maximum Gasteiger partial charge on any atom is 0.251 e. The van der Waals surface area contributed by atoms with Crippen molar-refractivity contribution in [3.8, 4) is 5.75 Å². The number of hydrogen-bond donors (Lipinski definition) is 2. The normalized spacial score (nSPS) is 11.3. The van der Waals surface area contributed by atoms with Crippen molar-refractivity contribution in [1.29, 1.82) is 0 Å². The van der Waals surface area contributed by atoms with Gasteiger partial charge in [-0.2, -0.15) is 0 Å². The highest BCUT2D eigenvalue weighted by Crippen LogP contribution is 2.27. The predicted octanol–water partition coefficient (Wildman–Crippen LogP) is 3.29. The summed E-state index contributed by atoms with van der Waals surface area (Å²) in [7, 11) is -2.67. The van der Waals surface area contributed by atoms with Crippen LogP contribution >= 0.6 is 0 Å². The van der Waals surface area contributed by atoms with Gasteiger partial charge in [-0.1, -0.05) is 60.7 Å². The van der Waals surface area contributed by atoms with E-state index in [1.165, 1.54) is 36.4 Å². The number of methoxy groups -OCH3 is 1. The van der Waals surface area contributed by atoms with Crippen molar-refractivity contribution in [3.63, 3.8) is 0 Å². The highest BCUT2D eigenvalue weighted by molar-refractivity contribution is 7.89. The Bertz CT molecular complexity index is 1060. The number of rotatable bonds is 8. The number of carbonyl (C=O) groups is 1. The molecule has 3 aromatic rings. The summed E-state index contributed by atoms with van der Waals surface area (Å²) in [5.41, 5.74) is 2.54. The van der Waals surface area contributed by atoms with E-state index in [2.05, 4.69) is 29.6 Å². The number of hydrogen-bond acceptors (Lipinski definition) is 4. The summed E-state index contributed by atoms with van der Waals surface area (Å²) < 4.78 is 28.6. The third kappa shape index (κ3) is 5.25. The van der Waals surface area contributed by atoms with Crippen molar-refractivity contribution in [2.45, 2.75) is 17.2 Å². The first-order chi connectivity index (χ1) is 14.4. The van der Waals surface area contributed by atoms with Crippen LogP contribution in [0.25, 0.3) is 0 Å². The average molecular weight is 425 g/mol. The lowest BCUT2D eigenvalue weighted by atomic mass is 9.88. The lowest BCUT2D eigenvalue weighted by Crippen LogP contribution is -2.26. The third-order valence-electron chi connectivity index (χ3n) is 4.85. The fourth-order valence-electron chi connectivity index (χ4n) is 3.37. The molecule has 0 spiro atoms. The minimum absolute atomic E-state index is 0.0993. The van der Waals surface area contributed by atoms with E-state index in [4.69, 9.17) is 9.88 Å². The summed E-state index contributed by atoms with van der Waals surface area (Å²) in [4.78, 5) is 12.4. The zero-order chi connectivity index (χ0) is 21.6. The van der Waals surface area contributed by atoms with Gasteiger partial charge in [-0.15, -0.1) is 0 Å². The standard InChI is InChI=1S/C23H24N2O4S/c1-29-21-13-12-19(16-22(21)30(24,27)28)23(26)25-15-14-20(17-8-4-2-5-9-17)18-10-6-3-7-11-18/h2-13,16,20H,14-15H2,1H3,(H,25,26)(H2,24,27,28). The Morgan fingerprint density at radius 3 is 2.03 bits per heavy atom. The maximum absolute atomic E-state index is 12.6.